The molecule has 2 rings (SSSR count). The van der Waals surface area contributed by atoms with Gasteiger partial charge in [-0.05, 0) is 25.5 Å². The molecule has 0 aliphatic rings. The second-order valence-corrected chi connectivity index (χ2v) is 3.99. The number of ether oxygens (including phenoxy) is 1. The number of oxazole rings is 1. The van der Waals surface area contributed by atoms with Crippen molar-refractivity contribution in [1.29, 1.82) is 0 Å². The lowest BCUT2D eigenvalue weighted by Gasteiger charge is -2.07. The Labute approximate surface area is 104 Å². The van der Waals surface area contributed by atoms with Crippen molar-refractivity contribution in [1.82, 2.24) is 4.98 Å². The highest BCUT2D eigenvalue weighted by Crippen LogP contribution is 2.19. The lowest BCUT2D eigenvalue weighted by Crippen LogP contribution is -2.00. The molecule has 0 saturated carbocycles. The number of carboxylic acids is 1. The van der Waals surface area contributed by atoms with Gasteiger partial charge >= 0.3 is 5.97 Å². The van der Waals surface area contributed by atoms with Gasteiger partial charge in [0.2, 0.25) is 5.89 Å². The first-order chi connectivity index (χ1) is 8.56. The molecular weight excluding hydrogens is 234 g/mol. The van der Waals surface area contributed by atoms with Crippen LogP contribution < -0.4 is 4.74 Å². The number of carbonyl (C=O) groups is 1. The Morgan fingerprint density at radius 3 is 2.83 bits per heavy atom. The van der Waals surface area contributed by atoms with Crippen LogP contribution in [-0.2, 0) is 6.61 Å². The van der Waals surface area contributed by atoms with E-state index in [0.717, 1.165) is 23.1 Å². The minimum absolute atomic E-state index is 0.108. The molecule has 0 aliphatic carbocycles. The first-order valence-corrected chi connectivity index (χ1v) is 5.44. The van der Waals surface area contributed by atoms with Crippen LogP contribution in [0.15, 0.2) is 28.9 Å². The minimum atomic E-state index is -1.11. The molecule has 1 heterocycles. The number of aromatic nitrogens is 1. The van der Waals surface area contributed by atoms with Gasteiger partial charge in [0.1, 0.15) is 12.0 Å². The van der Waals surface area contributed by atoms with Gasteiger partial charge in [0.25, 0.3) is 0 Å². The standard InChI is InChI=1S/C13H13NO4/c1-8-3-4-11(9(2)5-8)17-7-12-14-10(6-18-12)13(15)16/h3-6H,7H2,1-2H3,(H,15,16). The number of benzene rings is 1. The SMILES string of the molecule is Cc1ccc(OCc2nc(C(=O)O)co2)c(C)c1. The molecule has 0 atom stereocenters. The minimum Gasteiger partial charge on any atom is -0.484 e. The maximum atomic E-state index is 10.6. The number of nitrogens with zero attached hydrogens (tertiary/aromatic N) is 1. The van der Waals surface area contributed by atoms with Crippen molar-refractivity contribution in [2.75, 3.05) is 0 Å². The Hall–Kier alpha value is -2.30. The molecule has 94 valence electrons. The van der Waals surface area contributed by atoms with Crippen LogP contribution in [0.3, 0.4) is 0 Å². The second-order valence-electron chi connectivity index (χ2n) is 3.99. The Balaban J connectivity index is 2.04. The zero-order valence-corrected chi connectivity index (χ0v) is 10.1. The van der Waals surface area contributed by atoms with Gasteiger partial charge in [-0.15, -0.1) is 0 Å². The van der Waals surface area contributed by atoms with Crippen LogP contribution in [0.5, 0.6) is 5.75 Å². The molecule has 1 N–H and O–H groups in total. The first kappa shape index (κ1) is 12.2. The summed E-state index contributed by atoms with van der Waals surface area (Å²) in [4.78, 5) is 14.4. The number of aromatic carboxylic acids is 1. The van der Waals surface area contributed by atoms with E-state index in [2.05, 4.69) is 4.98 Å². The van der Waals surface area contributed by atoms with Crippen molar-refractivity contribution in [3.63, 3.8) is 0 Å². The van der Waals surface area contributed by atoms with Gasteiger partial charge in [0.05, 0.1) is 0 Å². The normalized spacial score (nSPS) is 10.3. The van der Waals surface area contributed by atoms with E-state index < -0.39 is 5.97 Å². The topological polar surface area (TPSA) is 72.6 Å². The summed E-state index contributed by atoms with van der Waals surface area (Å²) < 4.78 is 10.5. The van der Waals surface area contributed by atoms with Crippen molar-refractivity contribution in [2.45, 2.75) is 20.5 Å². The maximum absolute atomic E-state index is 10.6. The van der Waals surface area contributed by atoms with E-state index in [-0.39, 0.29) is 18.2 Å². The molecule has 0 aliphatic heterocycles. The predicted octanol–water partition coefficient (Wildman–Crippen LogP) is 2.57. The molecule has 5 heteroatoms. The summed E-state index contributed by atoms with van der Waals surface area (Å²) in [7, 11) is 0. The van der Waals surface area contributed by atoms with E-state index in [4.69, 9.17) is 14.3 Å². The molecule has 0 spiro atoms. The van der Waals surface area contributed by atoms with E-state index in [0.29, 0.717) is 0 Å². The molecule has 0 saturated heterocycles. The van der Waals surface area contributed by atoms with Crippen LogP contribution in [0, 0.1) is 13.8 Å². The zero-order chi connectivity index (χ0) is 13.1. The van der Waals surface area contributed by atoms with Gasteiger partial charge in [-0.2, -0.15) is 0 Å². The fraction of sp³-hybridized carbons (Fsp3) is 0.231. The lowest BCUT2D eigenvalue weighted by atomic mass is 10.1. The fourth-order valence-corrected chi connectivity index (χ4v) is 1.58. The first-order valence-electron chi connectivity index (χ1n) is 5.44. The smallest absolute Gasteiger partial charge is 0.357 e. The van der Waals surface area contributed by atoms with E-state index in [1.54, 1.807) is 0 Å². The Kier molecular flexibility index (Phi) is 3.32. The van der Waals surface area contributed by atoms with Crippen LogP contribution in [0.2, 0.25) is 0 Å². The number of hydrogen-bond acceptors (Lipinski definition) is 4. The lowest BCUT2D eigenvalue weighted by molar-refractivity contribution is 0.0690. The highest BCUT2D eigenvalue weighted by molar-refractivity contribution is 5.84. The molecule has 1 aromatic heterocycles. The number of hydrogen-bond donors (Lipinski definition) is 1. The highest BCUT2D eigenvalue weighted by Gasteiger charge is 2.11. The summed E-state index contributed by atoms with van der Waals surface area (Å²) in [6, 6.07) is 5.82. The van der Waals surface area contributed by atoms with Crippen molar-refractivity contribution >= 4 is 5.97 Å². The molecule has 0 bridgehead atoms. The van der Waals surface area contributed by atoms with Crippen LogP contribution in [0.1, 0.15) is 27.5 Å². The predicted molar refractivity (Wildman–Crippen MR) is 63.7 cm³/mol. The molecule has 0 unspecified atom stereocenters. The third kappa shape index (κ3) is 2.68. The van der Waals surface area contributed by atoms with Crippen molar-refractivity contribution in [3.8, 4) is 5.75 Å². The Morgan fingerprint density at radius 2 is 2.22 bits per heavy atom. The van der Waals surface area contributed by atoms with Crippen molar-refractivity contribution in [2.24, 2.45) is 0 Å². The molecular formula is C13H13NO4. The summed E-state index contributed by atoms with van der Waals surface area (Å²) in [6.45, 7) is 4.06. The fourth-order valence-electron chi connectivity index (χ4n) is 1.58. The van der Waals surface area contributed by atoms with E-state index in [1.807, 2.05) is 32.0 Å². The quantitative estimate of drug-likeness (QED) is 0.898. The number of rotatable bonds is 4. The van der Waals surface area contributed by atoms with Crippen LogP contribution in [-0.4, -0.2) is 16.1 Å². The average molecular weight is 247 g/mol. The van der Waals surface area contributed by atoms with E-state index in [9.17, 15) is 4.79 Å². The number of aryl methyl sites for hydroxylation is 2. The van der Waals surface area contributed by atoms with Crippen LogP contribution >= 0.6 is 0 Å². The molecule has 0 radical (unpaired) electrons. The largest absolute Gasteiger partial charge is 0.484 e. The van der Waals surface area contributed by atoms with Gasteiger partial charge in [-0.1, -0.05) is 17.7 Å². The van der Waals surface area contributed by atoms with E-state index in [1.165, 1.54) is 0 Å². The van der Waals surface area contributed by atoms with Crippen molar-refractivity contribution < 1.29 is 19.1 Å². The summed E-state index contributed by atoms with van der Waals surface area (Å²) >= 11 is 0. The maximum Gasteiger partial charge on any atom is 0.357 e. The monoisotopic (exact) mass is 247 g/mol. The van der Waals surface area contributed by atoms with E-state index >= 15 is 0 Å². The van der Waals surface area contributed by atoms with Gasteiger partial charge in [-0.3, -0.25) is 0 Å². The Morgan fingerprint density at radius 1 is 1.44 bits per heavy atom. The van der Waals surface area contributed by atoms with Crippen LogP contribution in [0.4, 0.5) is 0 Å². The molecule has 5 nitrogen and oxygen atoms in total. The number of carboxylic acid groups (broad SMARTS) is 1. The summed E-state index contributed by atoms with van der Waals surface area (Å²) in [5.41, 5.74) is 2.05. The third-order valence-electron chi connectivity index (χ3n) is 2.45. The molecule has 1 aromatic carbocycles. The van der Waals surface area contributed by atoms with Gasteiger partial charge in [0, 0.05) is 0 Å². The summed E-state index contributed by atoms with van der Waals surface area (Å²) in [6.07, 6.45) is 1.10. The molecule has 0 fully saturated rings. The zero-order valence-electron chi connectivity index (χ0n) is 10.1. The van der Waals surface area contributed by atoms with Gasteiger partial charge < -0.3 is 14.3 Å². The average Bonchev–Trinajstić information content (AvgIpc) is 2.76. The molecule has 2 aromatic rings. The third-order valence-corrected chi connectivity index (χ3v) is 2.45. The summed E-state index contributed by atoms with van der Waals surface area (Å²) in [5, 5.41) is 8.69. The summed E-state index contributed by atoms with van der Waals surface area (Å²) in [5.74, 6) is -0.139. The van der Waals surface area contributed by atoms with Gasteiger partial charge in [-0.25, -0.2) is 9.78 Å². The molecule has 0 amide bonds. The molecule has 18 heavy (non-hydrogen) atoms. The van der Waals surface area contributed by atoms with Crippen LogP contribution in [0.25, 0.3) is 0 Å². The highest BCUT2D eigenvalue weighted by atomic mass is 16.5. The second kappa shape index (κ2) is 4.91. The Bertz CT molecular complexity index is 574. The van der Waals surface area contributed by atoms with Gasteiger partial charge in [0.15, 0.2) is 12.3 Å². The van der Waals surface area contributed by atoms with Crippen molar-refractivity contribution in [3.05, 3.63) is 47.2 Å².